The lowest BCUT2D eigenvalue weighted by Gasteiger charge is -2.34. The van der Waals surface area contributed by atoms with Gasteiger partial charge in [-0.3, -0.25) is 19.5 Å². The summed E-state index contributed by atoms with van der Waals surface area (Å²) in [5.74, 6) is -1.10. The maximum Gasteiger partial charge on any atom is 0.338 e. The number of thiazole rings is 1. The number of nitro benzene ring substituents is 1. The maximum atomic E-state index is 14.3. The molecule has 45 heavy (non-hydrogen) atoms. The minimum Gasteiger partial charge on any atom is -0.463 e. The fourth-order valence-electron chi connectivity index (χ4n) is 5.65. The van der Waals surface area contributed by atoms with Crippen molar-refractivity contribution >= 4 is 40.5 Å². The fourth-order valence-corrected chi connectivity index (χ4v) is 6.64. The van der Waals surface area contributed by atoms with Crippen molar-refractivity contribution in [1.29, 1.82) is 0 Å². The molecule has 12 heteroatoms. The van der Waals surface area contributed by atoms with E-state index in [1.54, 1.807) is 19.1 Å². The third-order valence-corrected chi connectivity index (χ3v) is 8.89. The fraction of sp³-hybridized carbons (Fsp3) is 0.242. The van der Waals surface area contributed by atoms with Gasteiger partial charge in [-0.1, -0.05) is 53.8 Å². The number of rotatable bonds is 7. The highest BCUT2D eigenvalue weighted by Crippen LogP contribution is 2.35. The topological polar surface area (TPSA) is 110 Å². The molecule has 0 N–H and O–H groups in total. The Morgan fingerprint density at radius 2 is 1.80 bits per heavy atom. The monoisotopic (exact) mass is 627 g/mol. The summed E-state index contributed by atoms with van der Waals surface area (Å²) in [4.78, 5) is 48.6. The zero-order valence-corrected chi connectivity index (χ0v) is 25.5. The SMILES string of the molecule is CCOC(=O)C1=C(c2ccccc2)N=c2s/c(=C/c3cc([N+](=O)[O-])ccc3N3CCN(C)CC3)c(=O)n2[C@@H]1c1ccc(F)cc1. The Kier molecular flexibility index (Phi) is 8.42. The predicted octanol–water partition coefficient (Wildman–Crippen LogP) is 3.73. The maximum absolute atomic E-state index is 14.3. The highest BCUT2D eigenvalue weighted by molar-refractivity contribution is 7.07. The molecular weight excluding hydrogens is 597 g/mol. The first-order valence-electron chi connectivity index (χ1n) is 14.5. The number of carbonyl (C=O) groups is 1. The quantitative estimate of drug-likeness (QED) is 0.175. The van der Waals surface area contributed by atoms with Gasteiger partial charge in [-0.25, -0.2) is 14.2 Å². The van der Waals surface area contributed by atoms with Gasteiger partial charge in [0.05, 0.1) is 33.4 Å². The lowest BCUT2D eigenvalue weighted by Crippen LogP contribution is -2.44. The van der Waals surface area contributed by atoms with Gasteiger partial charge in [0, 0.05) is 55.1 Å². The standard InChI is InChI=1S/C33H30FN5O5S/c1-3-44-32(41)28-29(21-7-5-4-6-8-21)35-33-38(30(28)22-9-11-24(34)12-10-22)31(40)27(45-33)20-23-19-25(39(42)43)13-14-26(23)37-17-15-36(2)16-18-37/h4-14,19-20,30H,3,15-18H2,1-2H3/b27-20+/t30-/m1/s1. The molecule has 1 fully saturated rings. The number of non-ortho nitro benzene ring substituents is 1. The molecular formula is C33H30FN5O5S. The first-order valence-corrected chi connectivity index (χ1v) is 15.3. The molecule has 0 amide bonds. The predicted molar refractivity (Wildman–Crippen MR) is 170 cm³/mol. The molecule has 0 aliphatic carbocycles. The van der Waals surface area contributed by atoms with Crippen LogP contribution in [0.5, 0.6) is 0 Å². The largest absolute Gasteiger partial charge is 0.463 e. The molecule has 4 aromatic rings. The lowest BCUT2D eigenvalue weighted by molar-refractivity contribution is -0.384. The average molecular weight is 628 g/mol. The Morgan fingerprint density at radius 1 is 1.09 bits per heavy atom. The molecule has 0 spiro atoms. The summed E-state index contributed by atoms with van der Waals surface area (Å²) in [6.07, 6.45) is 1.66. The van der Waals surface area contributed by atoms with Crippen molar-refractivity contribution in [2.75, 3.05) is 44.7 Å². The van der Waals surface area contributed by atoms with E-state index in [0.29, 0.717) is 27.2 Å². The van der Waals surface area contributed by atoms with Crippen LogP contribution in [0.1, 0.15) is 29.7 Å². The summed E-state index contributed by atoms with van der Waals surface area (Å²) in [5, 5.41) is 11.7. The van der Waals surface area contributed by atoms with Crippen molar-refractivity contribution in [3.8, 4) is 0 Å². The summed E-state index contributed by atoms with van der Waals surface area (Å²) in [6, 6.07) is 18.5. The number of nitro groups is 1. The Bertz CT molecular complexity index is 1980. The molecule has 0 bridgehead atoms. The van der Waals surface area contributed by atoms with Gasteiger partial charge in [-0.2, -0.15) is 0 Å². The number of aromatic nitrogens is 1. The van der Waals surface area contributed by atoms with Gasteiger partial charge in [0.15, 0.2) is 4.80 Å². The van der Waals surface area contributed by atoms with E-state index in [-0.39, 0.29) is 22.4 Å². The van der Waals surface area contributed by atoms with E-state index in [2.05, 4.69) is 9.80 Å². The minimum atomic E-state index is -0.958. The van der Waals surface area contributed by atoms with Gasteiger partial charge in [0.2, 0.25) is 0 Å². The van der Waals surface area contributed by atoms with Crippen molar-refractivity contribution in [2.24, 2.45) is 4.99 Å². The summed E-state index contributed by atoms with van der Waals surface area (Å²) < 4.78 is 21.2. The van der Waals surface area contributed by atoms with Gasteiger partial charge in [-0.05, 0) is 43.8 Å². The van der Waals surface area contributed by atoms with E-state index in [1.807, 2.05) is 37.4 Å². The highest BCUT2D eigenvalue weighted by Gasteiger charge is 2.35. The van der Waals surface area contributed by atoms with Crippen molar-refractivity contribution in [3.05, 3.63) is 131 Å². The van der Waals surface area contributed by atoms with E-state index in [1.165, 1.54) is 41.0 Å². The summed E-state index contributed by atoms with van der Waals surface area (Å²) in [6.45, 7) is 4.91. The Hall–Kier alpha value is -4.94. The number of esters is 1. The second-order valence-electron chi connectivity index (χ2n) is 10.8. The van der Waals surface area contributed by atoms with Crippen molar-refractivity contribution < 1.29 is 18.8 Å². The highest BCUT2D eigenvalue weighted by atomic mass is 32.1. The van der Waals surface area contributed by atoms with Crippen LogP contribution in [0.4, 0.5) is 15.8 Å². The number of nitrogens with zero attached hydrogens (tertiary/aromatic N) is 5. The summed E-state index contributed by atoms with van der Waals surface area (Å²) >= 11 is 1.13. The second-order valence-corrected chi connectivity index (χ2v) is 11.8. The molecule has 3 heterocycles. The van der Waals surface area contributed by atoms with E-state index in [0.717, 1.165) is 43.2 Å². The van der Waals surface area contributed by atoms with Crippen LogP contribution >= 0.6 is 11.3 Å². The number of ether oxygens (including phenoxy) is 1. The molecule has 0 radical (unpaired) electrons. The van der Waals surface area contributed by atoms with Gasteiger partial charge >= 0.3 is 5.97 Å². The number of fused-ring (bicyclic) bond motifs is 1. The summed E-state index contributed by atoms with van der Waals surface area (Å²) in [5.41, 5.74) is 2.46. The van der Waals surface area contributed by atoms with Crippen LogP contribution in [0.3, 0.4) is 0 Å². The second kappa shape index (κ2) is 12.6. The number of benzene rings is 3. The lowest BCUT2D eigenvalue weighted by atomic mass is 9.93. The number of hydrogen-bond acceptors (Lipinski definition) is 9. The molecule has 1 aromatic heterocycles. The molecule has 3 aromatic carbocycles. The number of piperazine rings is 1. The van der Waals surface area contributed by atoms with Crippen molar-refractivity contribution in [1.82, 2.24) is 9.47 Å². The zero-order chi connectivity index (χ0) is 31.7. The van der Waals surface area contributed by atoms with Crippen LogP contribution in [0, 0.1) is 15.9 Å². The average Bonchev–Trinajstić information content (AvgIpc) is 3.35. The van der Waals surface area contributed by atoms with Gasteiger partial charge in [-0.15, -0.1) is 0 Å². The summed E-state index contributed by atoms with van der Waals surface area (Å²) in [7, 11) is 2.04. The van der Waals surface area contributed by atoms with E-state index in [9.17, 15) is 24.1 Å². The zero-order valence-electron chi connectivity index (χ0n) is 24.7. The van der Waals surface area contributed by atoms with Crippen LogP contribution in [-0.2, 0) is 9.53 Å². The van der Waals surface area contributed by atoms with Gasteiger partial charge < -0.3 is 14.5 Å². The van der Waals surface area contributed by atoms with Gasteiger partial charge in [0.1, 0.15) is 5.82 Å². The normalized spacial score (nSPS) is 17.2. The Labute approximate surface area is 261 Å². The van der Waals surface area contributed by atoms with Crippen molar-refractivity contribution in [2.45, 2.75) is 13.0 Å². The molecule has 1 atom stereocenters. The Balaban J connectivity index is 1.60. The molecule has 2 aliphatic rings. The van der Waals surface area contributed by atoms with E-state index >= 15 is 0 Å². The molecule has 1 saturated heterocycles. The van der Waals surface area contributed by atoms with Crippen LogP contribution in [-0.4, -0.2) is 60.2 Å². The van der Waals surface area contributed by atoms with Crippen LogP contribution < -0.4 is 19.8 Å². The van der Waals surface area contributed by atoms with Crippen LogP contribution in [0.25, 0.3) is 11.8 Å². The number of hydrogen-bond donors (Lipinski definition) is 0. The van der Waals surface area contributed by atoms with E-state index in [4.69, 9.17) is 9.73 Å². The van der Waals surface area contributed by atoms with E-state index < -0.39 is 28.3 Å². The number of carbonyl (C=O) groups excluding carboxylic acids is 1. The third-order valence-electron chi connectivity index (χ3n) is 7.91. The molecule has 2 aliphatic heterocycles. The van der Waals surface area contributed by atoms with Gasteiger partial charge in [0.25, 0.3) is 11.2 Å². The van der Waals surface area contributed by atoms with Crippen molar-refractivity contribution in [3.63, 3.8) is 0 Å². The molecule has 0 saturated carbocycles. The Morgan fingerprint density at radius 3 is 2.47 bits per heavy atom. The molecule has 0 unspecified atom stereocenters. The smallest absolute Gasteiger partial charge is 0.338 e. The third kappa shape index (κ3) is 5.94. The minimum absolute atomic E-state index is 0.0907. The molecule has 10 nitrogen and oxygen atoms in total. The van der Waals surface area contributed by atoms with Crippen LogP contribution in [0.15, 0.2) is 88.2 Å². The first-order chi connectivity index (χ1) is 21.7. The molecule has 6 rings (SSSR count). The molecule has 230 valence electrons. The number of halogens is 1. The number of anilines is 1. The first kappa shape index (κ1) is 30.1. The number of likely N-dealkylation sites (N-methyl/N-ethyl adjacent to an activating group) is 1. The van der Waals surface area contributed by atoms with Crippen LogP contribution in [0.2, 0.25) is 0 Å².